The number of benzene rings is 3. The van der Waals surface area contributed by atoms with Gasteiger partial charge >= 0.3 is 0 Å². The molecule has 3 aromatic carbocycles. The van der Waals surface area contributed by atoms with E-state index >= 15 is 0 Å². The molecule has 1 amide bonds. The minimum absolute atomic E-state index is 0.0788. The van der Waals surface area contributed by atoms with Gasteiger partial charge in [0, 0.05) is 30.0 Å². The minimum atomic E-state index is -0.770. The molecule has 6 heteroatoms. The Balaban J connectivity index is 1.92. The number of amides is 1. The average Bonchev–Trinajstić information content (AvgIpc) is 3.17. The highest BCUT2D eigenvalue weighted by Gasteiger charge is 2.47. The molecule has 38 heavy (non-hydrogen) atoms. The minimum Gasteiger partial charge on any atom is -0.507 e. The fraction of sp³-hybridized carbons (Fsp3) is 0.312. The number of rotatable bonds is 8. The molecule has 0 spiro atoms. The Morgan fingerprint density at radius 3 is 2.21 bits per heavy atom. The van der Waals surface area contributed by atoms with Gasteiger partial charge in [-0.25, -0.2) is 0 Å². The lowest BCUT2D eigenvalue weighted by atomic mass is 9.94. The zero-order valence-corrected chi connectivity index (χ0v) is 23.0. The van der Waals surface area contributed by atoms with Gasteiger partial charge in [-0.15, -0.1) is 0 Å². The summed E-state index contributed by atoms with van der Waals surface area (Å²) in [6.07, 6.45) is 0. The van der Waals surface area contributed by atoms with E-state index in [4.69, 9.17) is 4.74 Å². The van der Waals surface area contributed by atoms with Crippen molar-refractivity contribution < 1.29 is 19.4 Å². The number of Topliss-reactive ketones (excluding diaryl/α,β-unsaturated/α-hetero) is 1. The van der Waals surface area contributed by atoms with Gasteiger partial charge in [0.25, 0.3) is 11.7 Å². The van der Waals surface area contributed by atoms with E-state index in [9.17, 15) is 14.7 Å². The molecule has 1 heterocycles. The molecule has 198 valence electrons. The highest BCUT2D eigenvalue weighted by molar-refractivity contribution is 6.51. The summed E-state index contributed by atoms with van der Waals surface area (Å²) in [6, 6.07) is 18.1. The molecule has 1 atom stereocenters. The number of anilines is 2. The lowest BCUT2D eigenvalue weighted by Crippen LogP contribution is -2.30. The van der Waals surface area contributed by atoms with E-state index < -0.39 is 17.7 Å². The zero-order valence-electron chi connectivity index (χ0n) is 23.0. The molecule has 1 saturated heterocycles. The highest BCUT2D eigenvalue weighted by atomic mass is 16.5. The Labute approximate surface area is 225 Å². The van der Waals surface area contributed by atoms with E-state index in [1.165, 1.54) is 4.90 Å². The molecular weight excluding hydrogens is 476 g/mol. The Hall–Kier alpha value is -4.06. The number of ether oxygens (including phenoxy) is 1. The third kappa shape index (κ3) is 4.78. The van der Waals surface area contributed by atoms with Crippen molar-refractivity contribution in [3.8, 4) is 5.75 Å². The van der Waals surface area contributed by atoms with Crippen LogP contribution >= 0.6 is 0 Å². The molecule has 0 radical (unpaired) electrons. The fourth-order valence-corrected chi connectivity index (χ4v) is 5.12. The van der Waals surface area contributed by atoms with Gasteiger partial charge in [-0.1, -0.05) is 24.3 Å². The number of carbonyl (C=O) groups is 2. The molecule has 1 aliphatic rings. The molecule has 1 aliphatic heterocycles. The van der Waals surface area contributed by atoms with E-state index in [0.717, 1.165) is 41.0 Å². The second kappa shape index (κ2) is 11.1. The van der Waals surface area contributed by atoms with E-state index in [2.05, 4.69) is 18.7 Å². The lowest BCUT2D eigenvalue weighted by molar-refractivity contribution is -0.132. The smallest absolute Gasteiger partial charge is 0.300 e. The van der Waals surface area contributed by atoms with Crippen molar-refractivity contribution in [1.29, 1.82) is 0 Å². The van der Waals surface area contributed by atoms with Gasteiger partial charge in [0.15, 0.2) is 0 Å². The summed E-state index contributed by atoms with van der Waals surface area (Å²) in [7, 11) is 0. The maximum atomic E-state index is 13.6. The van der Waals surface area contributed by atoms with E-state index in [1.807, 2.05) is 70.2 Å². The summed E-state index contributed by atoms with van der Waals surface area (Å²) >= 11 is 0. The second-order valence-electron chi connectivity index (χ2n) is 9.57. The third-order valence-corrected chi connectivity index (χ3v) is 7.37. The van der Waals surface area contributed by atoms with Crippen LogP contribution in [-0.2, 0) is 9.59 Å². The van der Waals surface area contributed by atoms with Crippen LogP contribution in [0, 0.1) is 20.8 Å². The standard InChI is InChI=1S/C32H36N2O4/c1-7-33(8-2)25-16-13-23(14-17-25)29-28(30(35)24-15-18-27(38-9-3)21(5)19-24)31(36)32(37)34(29)26-12-10-11-20(4)22(26)6/h10-19,29,35H,7-9H2,1-6H3/b30-28+. The molecule has 0 saturated carbocycles. The van der Waals surface area contributed by atoms with Crippen LogP contribution < -0.4 is 14.5 Å². The van der Waals surface area contributed by atoms with Crippen molar-refractivity contribution in [2.75, 3.05) is 29.5 Å². The summed E-state index contributed by atoms with van der Waals surface area (Å²) in [5.74, 6) is -0.836. The molecule has 1 fully saturated rings. The van der Waals surface area contributed by atoms with Gasteiger partial charge in [0.05, 0.1) is 18.2 Å². The monoisotopic (exact) mass is 512 g/mol. The Bertz CT molecular complexity index is 1390. The first-order valence-corrected chi connectivity index (χ1v) is 13.2. The van der Waals surface area contributed by atoms with Crippen molar-refractivity contribution in [2.24, 2.45) is 0 Å². The van der Waals surface area contributed by atoms with Gasteiger partial charge in [-0.05, 0) is 100 Å². The first kappa shape index (κ1) is 27.0. The number of aliphatic hydroxyl groups excluding tert-OH is 1. The lowest BCUT2D eigenvalue weighted by Gasteiger charge is -2.28. The molecule has 0 bridgehead atoms. The molecule has 0 aromatic heterocycles. The van der Waals surface area contributed by atoms with Crippen molar-refractivity contribution in [1.82, 2.24) is 0 Å². The molecule has 3 aromatic rings. The molecule has 1 unspecified atom stereocenters. The van der Waals surface area contributed by atoms with Crippen LogP contribution in [0.5, 0.6) is 5.75 Å². The normalized spacial score (nSPS) is 16.7. The van der Waals surface area contributed by atoms with Gasteiger partial charge in [0.2, 0.25) is 0 Å². The van der Waals surface area contributed by atoms with Gasteiger partial charge < -0.3 is 14.7 Å². The van der Waals surface area contributed by atoms with Crippen molar-refractivity contribution in [3.05, 3.63) is 94.1 Å². The van der Waals surface area contributed by atoms with E-state index in [0.29, 0.717) is 23.6 Å². The predicted molar refractivity (Wildman–Crippen MR) is 153 cm³/mol. The number of aliphatic hydroxyl groups is 1. The number of hydrogen-bond acceptors (Lipinski definition) is 5. The van der Waals surface area contributed by atoms with Crippen LogP contribution in [0.3, 0.4) is 0 Å². The van der Waals surface area contributed by atoms with Crippen LogP contribution in [0.1, 0.15) is 54.6 Å². The maximum Gasteiger partial charge on any atom is 0.300 e. The fourth-order valence-electron chi connectivity index (χ4n) is 5.12. The van der Waals surface area contributed by atoms with Crippen molar-refractivity contribution in [2.45, 2.75) is 47.6 Å². The van der Waals surface area contributed by atoms with Gasteiger partial charge in [0.1, 0.15) is 11.5 Å². The van der Waals surface area contributed by atoms with Crippen molar-refractivity contribution >= 4 is 28.8 Å². The zero-order chi connectivity index (χ0) is 27.6. The van der Waals surface area contributed by atoms with Crippen LogP contribution in [0.15, 0.2) is 66.2 Å². The van der Waals surface area contributed by atoms with Crippen LogP contribution in [-0.4, -0.2) is 36.5 Å². The molecule has 4 rings (SSSR count). The van der Waals surface area contributed by atoms with E-state index in [1.54, 1.807) is 18.2 Å². The SMILES string of the molecule is CCOc1ccc(/C(O)=C2\C(=O)C(=O)N(c3cccc(C)c3C)C2c2ccc(N(CC)CC)cc2)cc1C. The summed E-state index contributed by atoms with van der Waals surface area (Å²) < 4.78 is 5.64. The molecule has 6 nitrogen and oxygen atoms in total. The third-order valence-electron chi connectivity index (χ3n) is 7.37. The van der Waals surface area contributed by atoms with Crippen LogP contribution in [0.25, 0.3) is 5.76 Å². The number of ketones is 1. The maximum absolute atomic E-state index is 13.6. The quantitative estimate of drug-likeness (QED) is 0.212. The largest absolute Gasteiger partial charge is 0.507 e. The van der Waals surface area contributed by atoms with E-state index in [-0.39, 0.29) is 11.3 Å². The second-order valence-corrected chi connectivity index (χ2v) is 9.57. The van der Waals surface area contributed by atoms with Gasteiger partial charge in [-0.2, -0.15) is 0 Å². The number of aryl methyl sites for hydroxylation is 2. The Morgan fingerprint density at radius 1 is 0.921 bits per heavy atom. The number of hydrogen-bond donors (Lipinski definition) is 1. The molecule has 0 aliphatic carbocycles. The van der Waals surface area contributed by atoms with Crippen LogP contribution in [0.4, 0.5) is 11.4 Å². The highest BCUT2D eigenvalue weighted by Crippen LogP contribution is 2.44. The van der Waals surface area contributed by atoms with Gasteiger partial charge in [-0.3, -0.25) is 14.5 Å². The summed E-state index contributed by atoms with van der Waals surface area (Å²) in [4.78, 5) is 30.9. The summed E-state index contributed by atoms with van der Waals surface area (Å²) in [6.45, 7) is 14.2. The molecule has 1 N–H and O–H groups in total. The Kier molecular flexibility index (Phi) is 7.91. The molecular formula is C32H36N2O4. The topological polar surface area (TPSA) is 70.1 Å². The van der Waals surface area contributed by atoms with Crippen LogP contribution in [0.2, 0.25) is 0 Å². The first-order valence-electron chi connectivity index (χ1n) is 13.2. The Morgan fingerprint density at radius 2 is 1.61 bits per heavy atom. The average molecular weight is 513 g/mol. The predicted octanol–water partition coefficient (Wildman–Crippen LogP) is 6.48. The summed E-state index contributed by atoms with van der Waals surface area (Å²) in [5.41, 5.74) is 5.78. The first-order chi connectivity index (χ1) is 18.2. The number of carbonyl (C=O) groups excluding carboxylic acids is 2. The summed E-state index contributed by atoms with van der Waals surface area (Å²) in [5, 5.41) is 11.5. The number of nitrogens with zero attached hydrogens (tertiary/aromatic N) is 2. The van der Waals surface area contributed by atoms with Crippen molar-refractivity contribution in [3.63, 3.8) is 0 Å².